The van der Waals surface area contributed by atoms with E-state index in [1.165, 1.54) is 0 Å². The van der Waals surface area contributed by atoms with Crippen molar-refractivity contribution in [2.45, 2.75) is 6.92 Å². The van der Waals surface area contributed by atoms with E-state index < -0.39 is 0 Å². The minimum Gasteiger partial charge on any atom is -0.180 e. The normalized spacial score (nSPS) is 4.50. The van der Waals surface area contributed by atoms with Gasteiger partial charge in [-0.05, 0) is 5.75 Å². The quantitative estimate of drug-likeness (QED) is 0.482. The number of hydrogen-bond acceptors (Lipinski definition) is 1. The van der Waals surface area contributed by atoms with E-state index in [4.69, 9.17) is 0 Å². The third-order valence-electron chi connectivity index (χ3n) is 0. The van der Waals surface area contributed by atoms with Crippen LogP contribution in [0.1, 0.15) is 6.92 Å². The number of thiol groups is 1. The average Bonchev–Trinajstić information content (AvgIpc) is 0.918. The summed E-state index contributed by atoms with van der Waals surface area (Å²) < 4.78 is 0. The van der Waals surface area contributed by atoms with Crippen LogP contribution in [0.2, 0.25) is 0 Å². The van der Waals surface area contributed by atoms with E-state index in [9.17, 15) is 0 Å². The van der Waals surface area contributed by atoms with Gasteiger partial charge in [-0.25, -0.2) is 0 Å². The fourth-order valence-corrected chi connectivity index (χ4v) is 0. The van der Waals surface area contributed by atoms with Crippen molar-refractivity contribution in [2.24, 2.45) is 0 Å². The van der Waals surface area contributed by atoms with E-state index in [0.29, 0.717) is 0 Å². The monoisotopic (exact) mass is 270 g/mol. The third-order valence-corrected chi connectivity index (χ3v) is 0. The van der Waals surface area contributed by atoms with Crippen molar-refractivity contribution in [2.75, 3.05) is 5.75 Å². The molecule has 4 heavy (non-hydrogen) atoms. The van der Waals surface area contributed by atoms with Gasteiger partial charge in [0.2, 0.25) is 0 Å². The Morgan fingerprint density at radius 2 is 1.75 bits per heavy atom. The Bertz CT molecular complexity index is 6.00. The van der Waals surface area contributed by atoms with E-state index in [0.717, 1.165) is 5.75 Å². The second-order valence-electron chi connectivity index (χ2n) is 0.316. The molecule has 0 aromatic heterocycles. The maximum absolute atomic E-state index is 3.79. The molecule has 0 saturated heterocycles. The van der Waals surface area contributed by atoms with Crippen LogP contribution in [0, 0.1) is 0 Å². The second kappa shape index (κ2) is 8.86. The molecular weight excluding hydrogens is 263 g/mol. The molecule has 0 N–H and O–H groups in total. The molecule has 2 heteroatoms. The molecule has 0 aromatic carbocycles. The Morgan fingerprint density at radius 3 is 1.75 bits per heavy atom. The molecule has 0 unspecified atom stereocenters. The molecule has 0 atom stereocenters. The first-order chi connectivity index (χ1) is 1.41. The standard InChI is InChI=1S/C2H6S.Pb/c1-2-3;/h3H,2H2,1H3;. The van der Waals surface area contributed by atoms with Crippen molar-refractivity contribution in [1.29, 1.82) is 0 Å². The zero-order valence-electron chi connectivity index (χ0n) is 2.65. The summed E-state index contributed by atoms with van der Waals surface area (Å²) in [4.78, 5) is 0. The van der Waals surface area contributed by atoms with Crippen LogP contribution < -0.4 is 0 Å². The van der Waals surface area contributed by atoms with Crippen LogP contribution in [0.3, 0.4) is 0 Å². The fraction of sp³-hybridized carbons (Fsp3) is 1.00. The Kier molecular flexibility index (Phi) is 19.9. The summed E-state index contributed by atoms with van der Waals surface area (Å²) >= 11 is 3.79. The predicted molar refractivity (Wildman–Crippen MR) is 25.3 cm³/mol. The summed E-state index contributed by atoms with van der Waals surface area (Å²) in [6.07, 6.45) is 0. The van der Waals surface area contributed by atoms with Crippen molar-refractivity contribution in [3.8, 4) is 0 Å². The van der Waals surface area contributed by atoms with Gasteiger partial charge in [0, 0.05) is 27.3 Å². The van der Waals surface area contributed by atoms with Gasteiger partial charge < -0.3 is 0 Å². The van der Waals surface area contributed by atoms with Gasteiger partial charge in [0.15, 0.2) is 0 Å². The van der Waals surface area contributed by atoms with Gasteiger partial charge in [-0.2, -0.15) is 12.6 Å². The molecule has 0 aliphatic rings. The Hall–Kier alpha value is 1.27. The summed E-state index contributed by atoms with van der Waals surface area (Å²) in [5.74, 6) is 0.944. The van der Waals surface area contributed by atoms with E-state index >= 15 is 0 Å². The molecule has 0 nitrogen and oxygen atoms in total. The summed E-state index contributed by atoms with van der Waals surface area (Å²) in [6, 6.07) is 0. The van der Waals surface area contributed by atoms with Crippen LogP contribution in [0.15, 0.2) is 0 Å². The second-order valence-corrected chi connectivity index (χ2v) is 0.949. The Labute approximate surface area is 52.5 Å². The van der Waals surface area contributed by atoms with E-state index in [1.807, 2.05) is 6.92 Å². The molecule has 24 valence electrons. The largest absolute Gasteiger partial charge is 0.180 e. The molecule has 0 heterocycles. The van der Waals surface area contributed by atoms with Gasteiger partial charge in [-0.3, -0.25) is 0 Å². The van der Waals surface area contributed by atoms with Crippen LogP contribution in [0.4, 0.5) is 0 Å². The molecule has 0 amide bonds. The van der Waals surface area contributed by atoms with Gasteiger partial charge in [-0.1, -0.05) is 6.92 Å². The topological polar surface area (TPSA) is 0 Å². The third kappa shape index (κ3) is 10.4. The molecular formula is C2H6PbS. The molecule has 0 fully saturated rings. The van der Waals surface area contributed by atoms with Crippen LogP contribution in [0.25, 0.3) is 0 Å². The van der Waals surface area contributed by atoms with Crippen molar-refractivity contribution >= 4 is 39.9 Å². The number of rotatable bonds is 0. The average molecular weight is 269 g/mol. The molecule has 0 aliphatic heterocycles. The van der Waals surface area contributed by atoms with Gasteiger partial charge in [-0.15, -0.1) is 0 Å². The minimum atomic E-state index is 0. The molecule has 4 radical (unpaired) electrons. The van der Waals surface area contributed by atoms with E-state index in [2.05, 4.69) is 12.6 Å². The van der Waals surface area contributed by atoms with Crippen molar-refractivity contribution in [1.82, 2.24) is 0 Å². The van der Waals surface area contributed by atoms with Crippen LogP contribution in [-0.2, 0) is 0 Å². The first-order valence-corrected chi connectivity index (χ1v) is 1.66. The fourth-order valence-electron chi connectivity index (χ4n) is 0. The molecule has 0 bridgehead atoms. The maximum Gasteiger partial charge on any atom is 0 e. The first kappa shape index (κ1) is 8.99. The first-order valence-electron chi connectivity index (χ1n) is 1.02. The van der Waals surface area contributed by atoms with Gasteiger partial charge in [0.05, 0.1) is 0 Å². The van der Waals surface area contributed by atoms with Crippen molar-refractivity contribution in [3.05, 3.63) is 0 Å². The zero-order valence-corrected chi connectivity index (χ0v) is 7.44. The van der Waals surface area contributed by atoms with Crippen LogP contribution in [0.5, 0.6) is 0 Å². The van der Waals surface area contributed by atoms with Crippen molar-refractivity contribution in [3.63, 3.8) is 0 Å². The minimum absolute atomic E-state index is 0. The molecule has 0 aromatic rings. The summed E-state index contributed by atoms with van der Waals surface area (Å²) in [5.41, 5.74) is 0. The SMILES string of the molecule is CCS.[Pb]. The smallest absolute Gasteiger partial charge is 0 e. The Balaban J connectivity index is 0. The maximum atomic E-state index is 3.79. The van der Waals surface area contributed by atoms with Gasteiger partial charge >= 0.3 is 0 Å². The van der Waals surface area contributed by atoms with E-state index in [1.54, 1.807) is 0 Å². The van der Waals surface area contributed by atoms with E-state index in [-0.39, 0.29) is 27.3 Å². The summed E-state index contributed by atoms with van der Waals surface area (Å²) in [6.45, 7) is 1.99. The Morgan fingerprint density at radius 1 is 1.75 bits per heavy atom. The molecule has 0 saturated carbocycles. The molecule has 0 spiro atoms. The molecule has 0 rings (SSSR count). The van der Waals surface area contributed by atoms with Gasteiger partial charge in [0.1, 0.15) is 0 Å². The summed E-state index contributed by atoms with van der Waals surface area (Å²) in [7, 11) is 0. The van der Waals surface area contributed by atoms with Gasteiger partial charge in [0.25, 0.3) is 0 Å². The summed E-state index contributed by atoms with van der Waals surface area (Å²) in [5, 5.41) is 0. The van der Waals surface area contributed by atoms with Crippen molar-refractivity contribution < 1.29 is 0 Å². The number of hydrogen-bond donors (Lipinski definition) is 1. The molecule has 0 aliphatic carbocycles. The zero-order chi connectivity index (χ0) is 2.71. The van der Waals surface area contributed by atoms with Crippen LogP contribution in [-0.4, -0.2) is 33.1 Å². The van der Waals surface area contributed by atoms with Crippen LogP contribution >= 0.6 is 12.6 Å². The predicted octanol–water partition coefficient (Wildman–Crippen LogP) is 0.555.